The van der Waals surface area contributed by atoms with Gasteiger partial charge in [-0.2, -0.15) is 0 Å². The van der Waals surface area contributed by atoms with Crippen LogP contribution < -0.4 is 5.43 Å². The summed E-state index contributed by atoms with van der Waals surface area (Å²) in [6, 6.07) is 15.2. The standard InChI is InChI=1S/C25H27NO3/c1-3-26(19-13-8-5-9-14-19)25(28)21-16-10-15-20-22(27)17(2)23(29-24(20)21)18-11-6-4-7-12-18/h4,6-7,10-12,15-16,19H,3,5,8-9,13-14H2,1-2H3. The molecule has 150 valence electrons. The molecular weight excluding hydrogens is 362 g/mol. The first-order valence-electron chi connectivity index (χ1n) is 10.5. The lowest BCUT2D eigenvalue weighted by Gasteiger charge is -2.33. The molecule has 1 aliphatic rings. The maximum Gasteiger partial charge on any atom is 0.257 e. The van der Waals surface area contributed by atoms with Crippen molar-refractivity contribution < 1.29 is 9.21 Å². The number of hydrogen-bond acceptors (Lipinski definition) is 3. The highest BCUT2D eigenvalue weighted by Gasteiger charge is 2.27. The number of fused-ring (bicyclic) bond motifs is 1. The normalized spacial score (nSPS) is 14.8. The summed E-state index contributed by atoms with van der Waals surface area (Å²) in [6.45, 7) is 4.46. The number of nitrogens with zero attached hydrogens (tertiary/aromatic N) is 1. The highest BCUT2D eigenvalue weighted by molar-refractivity contribution is 6.05. The Morgan fingerprint density at radius 1 is 1.03 bits per heavy atom. The van der Waals surface area contributed by atoms with Gasteiger partial charge in [0.1, 0.15) is 5.76 Å². The lowest BCUT2D eigenvalue weighted by molar-refractivity contribution is 0.0649. The average molecular weight is 389 g/mol. The molecule has 0 atom stereocenters. The second-order valence-electron chi connectivity index (χ2n) is 7.82. The van der Waals surface area contributed by atoms with E-state index in [1.807, 2.05) is 42.2 Å². The number of rotatable bonds is 4. The molecule has 0 radical (unpaired) electrons. The molecule has 29 heavy (non-hydrogen) atoms. The molecule has 4 rings (SSSR count). The predicted molar refractivity (Wildman–Crippen MR) is 116 cm³/mol. The van der Waals surface area contributed by atoms with Crippen LogP contribution in [0.15, 0.2) is 57.7 Å². The van der Waals surface area contributed by atoms with Crippen LogP contribution in [-0.2, 0) is 0 Å². The zero-order valence-electron chi connectivity index (χ0n) is 17.1. The van der Waals surface area contributed by atoms with Crippen molar-refractivity contribution in [3.8, 4) is 11.3 Å². The quantitative estimate of drug-likeness (QED) is 0.587. The van der Waals surface area contributed by atoms with Crippen molar-refractivity contribution in [2.75, 3.05) is 6.54 Å². The number of amides is 1. The molecular formula is C25H27NO3. The molecule has 3 aromatic rings. The largest absolute Gasteiger partial charge is 0.455 e. The van der Waals surface area contributed by atoms with Gasteiger partial charge in [-0.05, 0) is 38.8 Å². The van der Waals surface area contributed by atoms with Crippen LogP contribution in [0, 0.1) is 6.92 Å². The maximum atomic E-state index is 13.5. The fourth-order valence-electron chi connectivity index (χ4n) is 4.46. The van der Waals surface area contributed by atoms with Crippen LogP contribution in [0.2, 0.25) is 0 Å². The van der Waals surface area contributed by atoms with E-state index >= 15 is 0 Å². The molecule has 1 saturated carbocycles. The Hall–Kier alpha value is -2.88. The molecule has 1 aliphatic carbocycles. The van der Waals surface area contributed by atoms with Crippen LogP contribution >= 0.6 is 0 Å². The minimum Gasteiger partial charge on any atom is -0.455 e. The third kappa shape index (κ3) is 3.59. The average Bonchev–Trinajstić information content (AvgIpc) is 2.77. The molecule has 1 aromatic heterocycles. The van der Waals surface area contributed by atoms with Crippen LogP contribution in [0.25, 0.3) is 22.3 Å². The highest BCUT2D eigenvalue weighted by atomic mass is 16.3. The van der Waals surface area contributed by atoms with E-state index in [-0.39, 0.29) is 17.4 Å². The zero-order chi connectivity index (χ0) is 20.4. The first kappa shape index (κ1) is 19.4. The lowest BCUT2D eigenvalue weighted by atomic mass is 9.93. The predicted octanol–water partition coefficient (Wildman–Crippen LogP) is 5.56. The Balaban J connectivity index is 1.85. The van der Waals surface area contributed by atoms with Gasteiger partial charge in [-0.15, -0.1) is 0 Å². The number of hydrogen-bond donors (Lipinski definition) is 0. The van der Waals surface area contributed by atoms with Crippen LogP contribution in [0.1, 0.15) is 54.9 Å². The first-order valence-corrected chi connectivity index (χ1v) is 10.5. The van der Waals surface area contributed by atoms with Crippen molar-refractivity contribution in [2.45, 2.75) is 52.0 Å². The summed E-state index contributed by atoms with van der Waals surface area (Å²) < 4.78 is 6.25. The lowest BCUT2D eigenvalue weighted by Crippen LogP contribution is -2.41. The molecule has 4 heteroatoms. The Labute approximate surface area is 171 Å². The van der Waals surface area contributed by atoms with Crippen molar-refractivity contribution in [2.24, 2.45) is 0 Å². The van der Waals surface area contributed by atoms with Gasteiger partial charge < -0.3 is 9.32 Å². The maximum absolute atomic E-state index is 13.5. The van der Waals surface area contributed by atoms with Crippen LogP contribution in [0.5, 0.6) is 0 Å². The van der Waals surface area contributed by atoms with Crippen molar-refractivity contribution in [1.29, 1.82) is 0 Å². The van der Waals surface area contributed by atoms with E-state index in [0.29, 0.717) is 34.4 Å². The Morgan fingerprint density at radius 3 is 2.45 bits per heavy atom. The second-order valence-corrected chi connectivity index (χ2v) is 7.82. The van der Waals surface area contributed by atoms with Gasteiger partial charge in [0, 0.05) is 23.7 Å². The van der Waals surface area contributed by atoms with Gasteiger partial charge in [0.05, 0.1) is 10.9 Å². The van der Waals surface area contributed by atoms with E-state index in [2.05, 4.69) is 0 Å². The molecule has 0 bridgehead atoms. The monoisotopic (exact) mass is 389 g/mol. The van der Waals surface area contributed by atoms with Gasteiger partial charge in [0.15, 0.2) is 11.0 Å². The summed E-state index contributed by atoms with van der Waals surface area (Å²) in [5.41, 5.74) is 2.18. The topological polar surface area (TPSA) is 50.5 Å². The van der Waals surface area contributed by atoms with E-state index < -0.39 is 0 Å². The summed E-state index contributed by atoms with van der Waals surface area (Å²) in [7, 11) is 0. The number of para-hydroxylation sites is 1. The molecule has 4 nitrogen and oxygen atoms in total. The van der Waals surface area contributed by atoms with Gasteiger partial charge in [-0.1, -0.05) is 55.7 Å². The summed E-state index contributed by atoms with van der Waals surface area (Å²) in [6.07, 6.45) is 5.66. The molecule has 0 N–H and O–H groups in total. The minimum absolute atomic E-state index is 0.0454. The van der Waals surface area contributed by atoms with E-state index in [1.54, 1.807) is 25.1 Å². The van der Waals surface area contributed by atoms with Gasteiger partial charge in [0.25, 0.3) is 5.91 Å². The van der Waals surface area contributed by atoms with Crippen LogP contribution in [-0.4, -0.2) is 23.4 Å². The van der Waals surface area contributed by atoms with E-state index in [1.165, 1.54) is 6.42 Å². The van der Waals surface area contributed by atoms with E-state index in [9.17, 15) is 9.59 Å². The Morgan fingerprint density at radius 2 is 1.76 bits per heavy atom. The molecule has 1 amide bonds. The Kier molecular flexibility index (Phi) is 5.52. The van der Waals surface area contributed by atoms with E-state index in [4.69, 9.17) is 4.42 Å². The number of carbonyl (C=O) groups is 1. The first-order chi connectivity index (χ1) is 14.1. The molecule has 2 aromatic carbocycles. The van der Waals surface area contributed by atoms with Crippen LogP contribution in [0.4, 0.5) is 0 Å². The molecule has 0 aliphatic heterocycles. The van der Waals surface area contributed by atoms with Crippen molar-refractivity contribution in [3.63, 3.8) is 0 Å². The minimum atomic E-state index is -0.0829. The van der Waals surface area contributed by atoms with Gasteiger partial charge >= 0.3 is 0 Å². The summed E-state index contributed by atoms with van der Waals surface area (Å²) >= 11 is 0. The third-order valence-corrected chi connectivity index (χ3v) is 6.03. The van der Waals surface area contributed by atoms with Gasteiger partial charge in [-0.3, -0.25) is 9.59 Å². The Bertz CT molecular complexity index is 1080. The van der Waals surface area contributed by atoms with Crippen LogP contribution in [0.3, 0.4) is 0 Å². The molecule has 0 spiro atoms. The fourth-order valence-corrected chi connectivity index (χ4v) is 4.46. The number of benzene rings is 2. The van der Waals surface area contributed by atoms with Crippen molar-refractivity contribution >= 4 is 16.9 Å². The fraction of sp³-hybridized carbons (Fsp3) is 0.360. The van der Waals surface area contributed by atoms with E-state index in [0.717, 1.165) is 31.2 Å². The van der Waals surface area contributed by atoms with Gasteiger partial charge in [-0.25, -0.2) is 0 Å². The molecule has 0 unspecified atom stereocenters. The van der Waals surface area contributed by atoms with Crippen molar-refractivity contribution in [1.82, 2.24) is 4.90 Å². The second kappa shape index (κ2) is 8.24. The highest BCUT2D eigenvalue weighted by Crippen LogP contribution is 2.29. The number of carbonyl (C=O) groups excluding carboxylic acids is 1. The SMILES string of the molecule is CCN(C(=O)c1cccc2c(=O)c(C)c(-c3ccccc3)oc12)C1CCCCC1. The van der Waals surface area contributed by atoms with Crippen molar-refractivity contribution in [3.05, 3.63) is 69.9 Å². The smallest absolute Gasteiger partial charge is 0.257 e. The summed E-state index contributed by atoms with van der Waals surface area (Å²) in [4.78, 5) is 28.5. The summed E-state index contributed by atoms with van der Waals surface area (Å²) in [5, 5.41) is 0.465. The molecule has 0 saturated heterocycles. The molecule has 1 heterocycles. The zero-order valence-corrected chi connectivity index (χ0v) is 17.1. The molecule has 1 fully saturated rings. The van der Waals surface area contributed by atoms with Gasteiger partial charge in [0.2, 0.25) is 0 Å². The third-order valence-electron chi connectivity index (χ3n) is 6.03. The summed E-state index contributed by atoms with van der Waals surface area (Å²) in [5.74, 6) is 0.486.